The van der Waals surface area contributed by atoms with Crippen molar-refractivity contribution in [1.82, 2.24) is 15.1 Å². The highest BCUT2D eigenvalue weighted by molar-refractivity contribution is 5.96. The molecule has 6 rings (SSSR count). The van der Waals surface area contributed by atoms with Crippen LogP contribution in [0.2, 0.25) is 0 Å². The number of aryl methyl sites for hydroxylation is 2. The first kappa shape index (κ1) is 17.2. The monoisotopic (exact) mass is 371 g/mol. The van der Waals surface area contributed by atoms with E-state index >= 15 is 0 Å². The third-order valence-electron chi connectivity index (χ3n) is 6.68. The lowest BCUT2D eigenvalue weighted by Gasteiger charge is -2.45. The lowest BCUT2D eigenvalue weighted by molar-refractivity contribution is 0.0941. The average Bonchev–Trinajstić information content (AvgIpc) is 2.98. The predicted octanol–water partition coefficient (Wildman–Crippen LogP) is 4.06. The van der Waals surface area contributed by atoms with Gasteiger partial charge in [-0.25, -0.2) is 0 Å². The summed E-state index contributed by atoms with van der Waals surface area (Å²) in [6.45, 7) is 4.54. The van der Waals surface area contributed by atoms with Crippen LogP contribution in [0.4, 0.5) is 0 Å². The van der Waals surface area contributed by atoms with E-state index in [-0.39, 0.29) is 5.91 Å². The van der Waals surface area contributed by atoms with Crippen molar-refractivity contribution >= 4 is 5.91 Å². The molecule has 2 bridgehead atoms. The molecule has 3 aliphatic carbocycles. The molecule has 4 heteroatoms. The van der Waals surface area contributed by atoms with Gasteiger partial charge in [0.1, 0.15) is 0 Å². The Balaban J connectivity index is 1.44. The lowest BCUT2D eigenvalue weighted by Crippen LogP contribution is -2.39. The molecular weight excluding hydrogens is 346 g/mol. The fourth-order valence-corrected chi connectivity index (χ4v) is 5.37. The highest BCUT2D eigenvalue weighted by atomic mass is 16.1. The maximum Gasteiger partial charge on any atom is 0.255 e. The van der Waals surface area contributed by atoms with Crippen LogP contribution in [-0.2, 0) is 7.05 Å². The summed E-state index contributed by atoms with van der Waals surface area (Å²) in [5.41, 5.74) is 8.22. The van der Waals surface area contributed by atoms with Crippen molar-refractivity contribution in [2.45, 2.75) is 32.1 Å². The number of carbonyl (C=O) groups excluding carboxylic acids is 1. The fraction of sp³-hybridized carbons (Fsp3) is 0.333. The highest BCUT2D eigenvalue weighted by Gasteiger charge is 2.42. The van der Waals surface area contributed by atoms with Gasteiger partial charge in [-0.3, -0.25) is 9.48 Å². The minimum atomic E-state index is -0.00822. The molecule has 1 atom stereocenters. The summed E-state index contributed by atoms with van der Waals surface area (Å²) in [6, 6.07) is 17.7. The van der Waals surface area contributed by atoms with Gasteiger partial charge in [-0.2, -0.15) is 5.10 Å². The molecule has 28 heavy (non-hydrogen) atoms. The molecule has 0 fully saturated rings. The van der Waals surface area contributed by atoms with Gasteiger partial charge in [-0.05, 0) is 48.4 Å². The Bertz CT molecular complexity index is 1030. The molecular formula is C24H25N3O. The Kier molecular flexibility index (Phi) is 3.90. The number of carbonyl (C=O) groups is 1. The molecule has 1 N–H and O–H groups in total. The molecule has 3 aromatic rings. The summed E-state index contributed by atoms with van der Waals surface area (Å²) in [4.78, 5) is 12.9. The van der Waals surface area contributed by atoms with Crippen LogP contribution in [0.25, 0.3) is 0 Å². The number of fused-ring (bicyclic) bond motifs is 1. The van der Waals surface area contributed by atoms with Crippen LogP contribution in [0.5, 0.6) is 0 Å². The van der Waals surface area contributed by atoms with Gasteiger partial charge in [0.2, 0.25) is 0 Å². The third kappa shape index (κ3) is 2.44. The van der Waals surface area contributed by atoms with E-state index in [2.05, 4.69) is 58.9 Å². The van der Waals surface area contributed by atoms with Gasteiger partial charge in [0.15, 0.2) is 0 Å². The summed E-state index contributed by atoms with van der Waals surface area (Å²) < 4.78 is 1.78. The Morgan fingerprint density at radius 1 is 1.04 bits per heavy atom. The van der Waals surface area contributed by atoms with Gasteiger partial charge in [0, 0.05) is 31.1 Å². The Morgan fingerprint density at radius 3 is 2.14 bits per heavy atom. The second-order valence-corrected chi connectivity index (χ2v) is 8.16. The quantitative estimate of drug-likeness (QED) is 0.755. The van der Waals surface area contributed by atoms with E-state index in [1.54, 1.807) is 4.68 Å². The number of benzene rings is 2. The summed E-state index contributed by atoms with van der Waals surface area (Å²) in [6.07, 6.45) is 1.09. The van der Waals surface area contributed by atoms with E-state index in [1.165, 1.54) is 22.3 Å². The van der Waals surface area contributed by atoms with Crippen LogP contribution in [-0.4, -0.2) is 22.2 Å². The zero-order chi connectivity index (χ0) is 19.4. The topological polar surface area (TPSA) is 46.9 Å². The van der Waals surface area contributed by atoms with E-state index in [0.717, 1.165) is 17.8 Å². The molecule has 0 aliphatic heterocycles. The minimum Gasteiger partial charge on any atom is -0.352 e. The molecule has 0 spiro atoms. The molecule has 0 saturated carbocycles. The maximum absolute atomic E-state index is 12.9. The largest absolute Gasteiger partial charge is 0.352 e. The number of rotatable bonds is 3. The molecule has 2 aromatic carbocycles. The molecule has 0 saturated heterocycles. The van der Waals surface area contributed by atoms with Crippen LogP contribution >= 0.6 is 0 Å². The van der Waals surface area contributed by atoms with Crippen molar-refractivity contribution in [2.75, 3.05) is 6.54 Å². The van der Waals surface area contributed by atoms with Crippen molar-refractivity contribution in [3.05, 3.63) is 87.7 Å². The Hall–Kier alpha value is -2.88. The first-order chi connectivity index (χ1) is 13.6. The van der Waals surface area contributed by atoms with E-state index in [0.29, 0.717) is 29.9 Å². The Labute approximate surface area is 165 Å². The van der Waals surface area contributed by atoms with E-state index in [9.17, 15) is 4.79 Å². The van der Waals surface area contributed by atoms with E-state index in [4.69, 9.17) is 0 Å². The van der Waals surface area contributed by atoms with Crippen LogP contribution in [0.3, 0.4) is 0 Å². The van der Waals surface area contributed by atoms with Crippen LogP contribution in [0.1, 0.15) is 62.3 Å². The first-order valence-electron chi connectivity index (χ1n) is 10.0. The van der Waals surface area contributed by atoms with Crippen molar-refractivity contribution in [1.29, 1.82) is 0 Å². The van der Waals surface area contributed by atoms with Crippen molar-refractivity contribution in [3.8, 4) is 0 Å². The number of hydrogen-bond acceptors (Lipinski definition) is 2. The SMILES string of the molecule is Cc1nn(C)c(C)c1C(=O)NCC1CC2c3ccccc3C1c1ccccc12. The van der Waals surface area contributed by atoms with Crippen molar-refractivity contribution in [2.24, 2.45) is 13.0 Å². The first-order valence-corrected chi connectivity index (χ1v) is 10.0. The second kappa shape index (κ2) is 6.33. The smallest absolute Gasteiger partial charge is 0.255 e. The molecule has 1 aromatic heterocycles. The number of nitrogens with one attached hydrogen (secondary N) is 1. The summed E-state index contributed by atoms with van der Waals surface area (Å²) >= 11 is 0. The molecule has 1 amide bonds. The average molecular weight is 371 g/mol. The van der Waals surface area contributed by atoms with E-state index in [1.807, 2.05) is 20.9 Å². The van der Waals surface area contributed by atoms with Gasteiger partial charge in [0.25, 0.3) is 5.91 Å². The number of hydrogen-bond donors (Lipinski definition) is 1. The van der Waals surface area contributed by atoms with Crippen LogP contribution < -0.4 is 5.32 Å². The lowest BCUT2D eigenvalue weighted by atomic mass is 9.59. The second-order valence-electron chi connectivity index (χ2n) is 8.16. The molecule has 1 unspecified atom stereocenters. The summed E-state index contributed by atoms with van der Waals surface area (Å²) in [5, 5.41) is 7.60. The molecule has 142 valence electrons. The van der Waals surface area contributed by atoms with Gasteiger partial charge in [0.05, 0.1) is 11.3 Å². The fourth-order valence-electron chi connectivity index (χ4n) is 5.37. The number of amides is 1. The minimum absolute atomic E-state index is 0.00822. The molecule has 3 aliphatic rings. The van der Waals surface area contributed by atoms with Crippen LogP contribution in [0, 0.1) is 19.8 Å². The third-order valence-corrected chi connectivity index (χ3v) is 6.68. The standard InChI is InChI=1S/C24H25N3O/c1-14-22(15(2)27(3)26-14)24(28)25-13-16-12-21-17-8-4-6-10-19(17)23(16)20-11-7-5-9-18(20)21/h4-11,16,21,23H,12-13H2,1-3H3,(H,25,28). The molecule has 0 radical (unpaired) electrons. The maximum atomic E-state index is 12.9. The van der Waals surface area contributed by atoms with Gasteiger partial charge >= 0.3 is 0 Å². The van der Waals surface area contributed by atoms with E-state index < -0.39 is 0 Å². The number of nitrogens with zero attached hydrogens (tertiary/aromatic N) is 2. The van der Waals surface area contributed by atoms with Gasteiger partial charge in [-0.1, -0.05) is 48.5 Å². The van der Waals surface area contributed by atoms with Crippen LogP contribution in [0.15, 0.2) is 48.5 Å². The van der Waals surface area contributed by atoms with Crippen molar-refractivity contribution in [3.63, 3.8) is 0 Å². The summed E-state index contributed by atoms with van der Waals surface area (Å²) in [5.74, 6) is 1.19. The normalized spacial score (nSPS) is 21.9. The summed E-state index contributed by atoms with van der Waals surface area (Å²) in [7, 11) is 1.88. The highest BCUT2D eigenvalue weighted by Crippen LogP contribution is 2.55. The predicted molar refractivity (Wildman–Crippen MR) is 110 cm³/mol. The van der Waals surface area contributed by atoms with Crippen molar-refractivity contribution < 1.29 is 4.79 Å². The molecule has 4 nitrogen and oxygen atoms in total. The zero-order valence-corrected chi connectivity index (χ0v) is 16.6. The molecule has 1 heterocycles. The Morgan fingerprint density at radius 2 is 1.61 bits per heavy atom. The zero-order valence-electron chi connectivity index (χ0n) is 16.6. The van der Waals surface area contributed by atoms with Gasteiger partial charge in [-0.15, -0.1) is 0 Å². The number of aromatic nitrogens is 2. The van der Waals surface area contributed by atoms with Gasteiger partial charge < -0.3 is 5.32 Å².